The van der Waals surface area contributed by atoms with Crippen LogP contribution >= 0.6 is 0 Å². The third-order valence-electron chi connectivity index (χ3n) is 2.01. The molecular formula is C10H9N3O. The van der Waals surface area contributed by atoms with Gasteiger partial charge in [-0.15, -0.1) is 0 Å². The van der Waals surface area contributed by atoms with Crippen LogP contribution in [0.15, 0.2) is 36.5 Å². The largest absolute Gasteiger partial charge is 0.290 e. The number of pyridine rings is 1. The maximum absolute atomic E-state index is 11.4. The Morgan fingerprint density at radius 1 is 1.29 bits per heavy atom. The molecule has 0 aliphatic carbocycles. The van der Waals surface area contributed by atoms with E-state index >= 15 is 0 Å². The number of benzene rings is 1. The van der Waals surface area contributed by atoms with Crippen molar-refractivity contribution in [3.8, 4) is 0 Å². The fourth-order valence-electron chi connectivity index (χ4n) is 1.37. The number of nitrogens with two attached hydrogens (primary N) is 1. The van der Waals surface area contributed by atoms with Gasteiger partial charge in [-0.2, -0.15) is 0 Å². The standard InChI is InChI=1S/C10H9N3O/c11-13-10(14)8-5-1-3-7-4-2-6-12-9(7)8/h1-6H,11H2,(H,13,14). The zero-order valence-corrected chi connectivity index (χ0v) is 7.40. The molecule has 3 N–H and O–H groups in total. The zero-order valence-electron chi connectivity index (χ0n) is 7.40. The van der Waals surface area contributed by atoms with E-state index in [1.165, 1.54) is 0 Å². The molecule has 14 heavy (non-hydrogen) atoms. The summed E-state index contributed by atoms with van der Waals surface area (Å²) < 4.78 is 0. The maximum Gasteiger partial charge on any atom is 0.267 e. The molecule has 0 bridgehead atoms. The fraction of sp³-hybridized carbons (Fsp3) is 0. The number of carbonyl (C=O) groups is 1. The number of amides is 1. The van der Waals surface area contributed by atoms with Gasteiger partial charge < -0.3 is 0 Å². The molecule has 0 aliphatic heterocycles. The summed E-state index contributed by atoms with van der Waals surface area (Å²) in [6.45, 7) is 0. The zero-order chi connectivity index (χ0) is 9.97. The van der Waals surface area contributed by atoms with E-state index in [1.807, 2.05) is 18.2 Å². The van der Waals surface area contributed by atoms with Crippen molar-refractivity contribution in [2.45, 2.75) is 0 Å². The van der Waals surface area contributed by atoms with Gasteiger partial charge in [0, 0.05) is 11.6 Å². The number of fused-ring (bicyclic) bond motifs is 1. The molecule has 2 rings (SSSR count). The summed E-state index contributed by atoms with van der Waals surface area (Å²) in [7, 11) is 0. The molecule has 4 nitrogen and oxygen atoms in total. The van der Waals surface area contributed by atoms with Crippen molar-refractivity contribution >= 4 is 16.8 Å². The van der Waals surface area contributed by atoms with Gasteiger partial charge in [0.1, 0.15) is 0 Å². The Balaban J connectivity index is 2.71. The van der Waals surface area contributed by atoms with E-state index in [2.05, 4.69) is 10.4 Å². The van der Waals surface area contributed by atoms with Crippen LogP contribution in [-0.2, 0) is 0 Å². The lowest BCUT2D eigenvalue weighted by Crippen LogP contribution is -2.30. The van der Waals surface area contributed by atoms with Crippen LogP contribution in [0, 0.1) is 0 Å². The summed E-state index contributed by atoms with van der Waals surface area (Å²) in [5, 5.41) is 0.925. The second-order valence-corrected chi connectivity index (χ2v) is 2.85. The molecule has 0 unspecified atom stereocenters. The van der Waals surface area contributed by atoms with E-state index < -0.39 is 0 Å². The molecule has 1 heterocycles. The van der Waals surface area contributed by atoms with Crippen LogP contribution < -0.4 is 11.3 Å². The highest BCUT2D eigenvalue weighted by Crippen LogP contribution is 2.15. The van der Waals surface area contributed by atoms with Crippen LogP contribution in [0.1, 0.15) is 10.4 Å². The highest BCUT2D eigenvalue weighted by Gasteiger charge is 2.08. The third-order valence-corrected chi connectivity index (χ3v) is 2.01. The minimum atomic E-state index is -0.325. The van der Waals surface area contributed by atoms with Gasteiger partial charge in [-0.1, -0.05) is 18.2 Å². The first-order valence-electron chi connectivity index (χ1n) is 4.17. The Kier molecular flexibility index (Phi) is 2.12. The summed E-state index contributed by atoms with van der Waals surface area (Å²) in [4.78, 5) is 15.5. The molecule has 0 saturated heterocycles. The average Bonchev–Trinajstić information content (AvgIpc) is 2.27. The minimum Gasteiger partial charge on any atom is -0.290 e. The molecule has 1 aromatic heterocycles. The molecule has 1 amide bonds. The topological polar surface area (TPSA) is 68.0 Å². The molecule has 4 heteroatoms. The summed E-state index contributed by atoms with van der Waals surface area (Å²) in [5.74, 6) is 4.74. The number of rotatable bonds is 1. The van der Waals surface area contributed by atoms with Gasteiger partial charge in [-0.25, -0.2) is 5.84 Å². The van der Waals surface area contributed by atoms with Crippen molar-refractivity contribution in [2.24, 2.45) is 5.84 Å². The van der Waals surface area contributed by atoms with Gasteiger partial charge in [0.05, 0.1) is 11.1 Å². The van der Waals surface area contributed by atoms with Crippen molar-refractivity contribution in [1.82, 2.24) is 10.4 Å². The highest BCUT2D eigenvalue weighted by atomic mass is 16.2. The molecule has 1 aromatic carbocycles. The van der Waals surface area contributed by atoms with Crippen molar-refractivity contribution in [2.75, 3.05) is 0 Å². The first-order valence-corrected chi connectivity index (χ1v) is 4.17. The van der Waals surface area contributed by atoms with Crippen LogP contribution in [0.5, 0.6) is 0 Å². The van der Waals surface area contributed by atoms with Crippen molar-refractivity contribution in [3.63, 3.8) is 0 Å². The first kappa shape index (κ1) is 8.65. The molecule has 0 saturated carbocycles. The van der Waals surface area contributed by atoms with E-state index in [1.54, 1.807) is 18.3 Å². The van der Waals surface area contributed by atoms with E-state index in [4.69, 9.17) is 5.84 Å². The van der Waals surface area contributed by atoms with E-state index in [9.17, 15) is 4.79 Å². The number of para-hydroxylation sites is 1. The van der Waals surface area contributed by atoms with Crippen LogP contribution in [0.4, 0.5) is 0 Å². The smallest absolute Gasteiger partial charge is 0.267 e. The Hall–Kier alpha value is -1.94. The summed E-state index contributed by atoms with van der Waals surface area (Å²) in [5.41, 5.74) is 3.25. The molecular weight excluding hydrogens is 178 g/mol. The number of nitrogens with zero attached hydrogens (tertiary/aromatic N) is 1. The van der Waals surface area contributed by atoms with Gasteiger partial charge in [0.25, 0.3) is 5.91 Å². The number of carbonyl (C=O) groups excluding carboxylic acids is 1. The number of aromatic nitrogens is 1. The quantitative estimate of drug-likeness (QED) is 0.395. The molecule has 0 atom stereocenters. The number of hydrogen-bond donors (Lipinski definition) is 2. The Bertz CT molecular complexity index is 476. The van der Waals surface area contributed by atoms with Gasteiger partial charge >= 0.3 is 0 Å². The molecule has 0 aliphatic rings. The van der Waals surface area contributed by atoms with Gasteiger partial charge in [0.15, 0.2) is 0 Å². The van der Waals surface area contributed by atoms with Crippen LogP contribution in [0.3, 0.4) is 0 Å². The molecule has 0 radical (unpaired) electrons. The predicted molar refractivity (Wildman–Crippen MR) is 53.4 cm³/mol. The van der Waals surface area contributed by atoms with Gasteiger partial charge in [-0.3, -0.25) is 15.2 Å². The maximum atomic E-state index is 11.4. The first-order chi connectivity index (χ1) is 6.83. The molecule has 70 valence electrons. The van der Waals surface area contributed by atoms with Crippen molar-refractivity contribution < 1.29 is 4.79 Å². The SMILES string of the molecule is NNC(=O)c1cccc2cccnc12. The van der Waals surface area contributed by atoms with Crippen LogP contribution in [0.2, 0.25) is 0 Å². The molecule has 2 aromatic rings. The Labute approximate surface area is 80.7 Å². The minimum absolute atomic E-state index is 0.325. The summed E-state index contributed by atoms with van der Waals surface area (Å²) in [6.07, 6.45) is 1.65. The van der Waals surface area contributed by atoms with Crippen molar-refractivity contribution in [1.29, 1.82) is 0 Å². The summed E-state index contributed by atoms with van der Waals surface area (Å²) >= 11 is 0. The van der Waals surface area contributed by atoms with Crippen LogP contribution in [-0.4, -0.2) is 10.9 Å². The second kappa shape index (κ2) is 3.43. The highest BCUT2D eigenvalue weighted by molar-refractivity contribution is 6.05. The van der Waals surface area contributed by atoms with E-state index in [-0.39, 0.29) is 5.91 Å². The van der Waals surface area contributed by atoms with Crippen molar-refractivity contribution in [3.05, 3.63) is 42.1 Å². The third kappa shape index (κ3) is 1.31. The lowest BCUT2D eigenvalue weighted by atomic mass is 10.1. The molecule has 0 spiro atoms. The predicted octanol–water partition coefficient (Wildman–Crippen LogP) is 0.838. The normalized spacial score (nSPS) is 10.1. The van der Waals surface area contributed by atoms with Gasteiger partial charge in [-0.05, 0) is 12.1 Å². The number of nitrogens with one attached hydrogen (secondary N) is 1. The monoisotopic (exact) mass is 187 g/mol. The lowest BCUT2D eigenvalue weighted by molar-refractivity contribution is 0.0955. The fourth-order valence-corrected chi connectivity index (χ4v) is 1.37. The Morgan fingerprint density at radius 2 is 2.07 bits per heavy atom. The average molecular weight is 187 g/mol. The van der Waals surface area contributed by atoms with Gasteiger partial charge in [0.2, 0.25) is 0 Å². The number of hydrogen-bond acceptors (Lipinski definition) is 3. The number of nitrogen functional groups attached to an aromatic ring is 1. The Morgan fingerprint density at radius 3 is 2.86 bits per heavy atom. The lowest BCUT2D eigenvalue weighted by Gasteiger charge is -2.02. The second-order valence-electron chi connectivity index (χ2n) is 2.85. The van der Waals surface area contributed by atoms with E-state index in [0.29, 0.717) is 11.1 Å². The summed E-state index contributed by atoms with van der Waals surface area (Å²) in [6, 6.07) is 9.11. The number of hydrazine groups is 1. The van der Waals surface area contributed by atoms with E-state index in [0.717, 1.165) is 5.39 Å². The van der Waals surface area contributed by atoms with Crippen LogP contribution in [0.25, 0.3) is 10.9 Å². The molecule has 0 fully saturated rings.